The van der Waals surface area contributed by atoms with Crippen molar-refractivity contribution in [2.75, 3.05) is 0 Å². The Morgan fingerprint density at radius 3 is 2.57 bits per heavy atom. The fourth-order valence-electron chi connectivity index (χ4n) is 4.27. The molecular formula is C18H34N2O. The highest BCUT2D eigenvalue weighted by Gasteiger charge is 2.44. The quantitative estimate of drug-likeness (QED) is 0.805. The third-order valence-electron chi connectivity index (χ3n) is 5.30. The van der Waals surface area contributed by atoms with Crippen LogP contribution in [0, 0.1) is 11.8 Å². The van der Waals surface area contributed by atoms with Gasteiger partial charge < -0.3 is 4.90 Å². The van der Waals surface area contributed by atoms with Gasteiger partial charge in [0.25, 0.3) is 0 Å². The lowest BCUT2D eigenvalue weighted by Crippen LogP contribution is -2.49. The largest absolute Gasteiger partial charge is 0.323 e. The molecule has 0 aromatic heterocycles. The zero-order valence-electron chi connectivity index (χ0n) is 14.4. The number of hydrogen-bond acceptors (Lipinski definition) is 2. The summed E-state index contributed by atoms with van der Waals surface area (Å²) < 4.78 is 0. The van der Waals surface area contributed by atoms with Crippen molar-refractivity contribution >= 4 is 5.91 Å². The number of amides is 1. The molecule has 0 radical (unpaired) electrons. The maximum atomic E-state index is 12.9. The highest BCUT2D eigenvalue weighted by atomic mass is 16.2. The molecule has 1 saturated carbocycles. The van der Waals surface area contributed by atoms with Gasteiger partial charge in [0.05, 0.1) is 12.2 Å². The van der Waals surface area contributed by atoms with Crippen LogP contribution in [0.2, 0.25) is 0 Å². The Balaban J connectivity index is 2.16. The van der Waals surface area contributed by atoms with Gasteiger partial charge in [-0.25, -0.2) is 0 Å². The van der Waals surface area contributed by atoms with Gasteiger partial charge in [-0.05, 0) is 37.5 Å². The van der Waals surface area contributed by atoms with E-state index in [-0.39, 0.29) is 12.2 Å². The van der Waals surface area contributed by atoms with Crippen molar-refractivity contribution in [2.24, 2.45) is 11.8 Å². The molecule has 2 rings (SSSR count). The summed E-state index contributed by atoms with van der Waals surface area (Å²) in [6.45, 7) is 8.98. The molecule has 1 N–H and O–H groups in total. The molecule has 0 aromatic carbocycles. The average molecular weight is 294 g/mol. The van der Waals surface area contributed by atoms with Crippen LogP contribution in [0.3, 0.4) is 0 Å². The molecule has 3 nitrogen and oxygen atoms in total. The van der Waals surface area contributed by atoms with Crippen LogP contribution in [-0.4, -0.2) is 29.1 Å². The van der Waals surface area contributed by atoms with Crippen LogP contribution in [0.1, 0.15) is 79.1 Å². The van der Waals surface area contributed by atoms with Crippen LogP contribution in [0.4, 0.5) is 0 Å². The normalized spacial score (nSPS) is 34.0. The van der Waals surface area contributed by atoms with Crippen LogP contribution in [0.25, 0.3) is 0 Å². The number of carbonyl (C=O) groups is 1. The highest BCUT2D eigenvalue weighted by molar-refractivity contribution is 5.84. The van der Waals surface area contributed by atoms with E-state index in [1.54, 1.807) is 0 Å². The molecule has 0 aromatic rings. The minimum absolute atomic E-state index is 0.0678. The van der Waals surface area contributed by atoms with Crippen molar-refractivity contribution in [2.45, 2.75) is 97.3 Å². The van der Waals surface area contributed by atoms with Crippen LogP contribution in [0.5, 0.6) is 0 Å². The molecule has 21 heavy (non-hydrogen) atoms. The molecule has 1 aliphatic heterocycles. The number of nitrogens with zero attached hydrogens (tertiary/aromatic N) is 1. The van der Waals surface area contributed by atoms with Crippen molar-refractivity contribution in [3.05, 3.63) is 0 Å². The summed E-state index contributed by atoms with van der Waals surface area (Å²) in [6.07, 6.45) is 9.76. The number of nitrogens with one attached hydrogen (secondary N) is 1. The molecule has 1 saturated heterocycles. The molecule has 1 heterocycles. The first-order valence-electron chi connectivity index (χ1n) is 9.16. The van der Waals surface area contributed by atoms with Crippen molar-refractivity contribution < 1.29 is 4.79 Å². The van der Waals surface area contributed by atoms with E-state index in [1.165, 1.54) is 32.1 Å². The second-order valence-electron chi connectivity index (χ2n) is 7.42. The van der Waals surface area contributed by atoms with Gasteiger partial charge in [-0.2, -0.15) is 0 Å². The van der Waals surface area contributed by atoms with Crippen LogP contribution in [0.15, 0.2) is 0 Å². The Hall–Kier alpha value is -0.570. The van der Waals surface area contributed by atoms with Gasteiger partial charge in [0.15, 0.2) is 0 Å². The predicted molar refractivity (Wildman–Crippen MR) is 88.0 cm³/mol. The van der Waals surface area contributed by atoms with Gasteiger partial charge in [0.1, 0.15) is 0 Å². The van der Waals surface area contributed by atoms with Crippen molar-refractivity contribution in [1.82, 2.24) is 10.2 Å². The molecule has 2 fully saturated rings. The molecular weight excluding hydrogens is 260 g/mol. The minimum atomic E-state index is 0.0678. The summed E-state index contributed by atoms with van der Waals surface area (Å²) in [7, 11) is 0. The molecule has 2 aliphatic rings. The van der Waals surface area contributed by atoms with Crippen LogP contribution < -0.4 is 5.32 Å². The van der Waals surface area contributed by atoms with E-state index < -0.39 is 0 Å². The lowest BCUT2D eigenvalue weighted by atomic mass is 9.81. The van der Waals surface area contributed by atoms with Crippen LogP contribution >= 0.6 is 0 Å². The monoisotopic (exact) mass is 294 g/mol. The molecule has 122 valence electrons. The van der Waals surface area contributed by atoms with Gasteiger partial charge in [0, 0.05) is 6.04 Å². The minimum Gasteiger partial charge on any atom is -0.323 e. The molecule has 3 heteroatoms. The summed E-state index contributed by atoms with van der Waals surface area (Å²) in [4.78, 5) is 15.2. The van der Waals surface area contributed by atoms with Crippen LogP contribution in [-0.2, 0) is 4.79 Å². The second kappa shape index (κ2) is 7.62. The van der Waals surface area contributed by atoms with E-state index in [0.717, 1.165) is 19.3 Å². The molecule has 4 atom stereocenters. The Bertz CT molecular complexity index is 342. The van der Waals surface area contributed by atoms with E-state index in [4.69, 9.17) is 0 Å². The summed E-state index contributed by atoms with van der Waals surface area (Å²) in [6, 6.07) is 0.549. The first-order valence-corrected chi connectivity index (χ1v) is 9.16. The topological polar surface area (TPSA) is 32.3 Å². The smallest absolute Gasteiger partial charge is 0.241 e. The van der Waals surface area contributed by atoms with E-state index in [1.807, 2.05) is 0 Å². The van der Waals surface area contributed by atoms with Gasteiger partial charge in [0.2, 0.25) is 5.91 Å². The maximum absolute atomic E-state index is 12.9. The highest BCUT2D eigenvalue weighted by Crippen LogP contribution is 2.35. The predicted octanol–water partition coefficient (Wildman–Crippen LogP) is 3.93. The van der Waals surface area contributed by atoms with Gasteiger partial charge in [-0.1, -0.05) is 53.4 Å². The Labute approximate surface area is 130 Å². The van der Waals surface area contributed by atoms with Crippen molar-refractivity contribution in [3.63, 3.8) is 0 Å². The van der Waals surface area contributed by atoms with Gasteiger partial charge in [-0.3, -0.25) is 10.1 Å². The summed E-state index contributed by atoms with van der Waals surface area (Å²) >= 11 is 0. The van der Waals surface area contributed by atoms with E-state index in [9.17, 15) is 4.79 Å². The number of rotatable bonds is 6. The third kappa shape index (κ3) is 3.80. The van der Waals surface area contributed by atoms with E-state index >= 15 is 0 Å². The average Bonchev–Trinajstić information content (AvgIpc) is 2.74. The SMILES string of the molecule is CCCC1NC(CC(C)C)N(C2CCCCC2CC)C1=O. The molecule has 0 bridgehead atoms. The molecule has 1 aliphatic carbocycles. The molecule has 0 spiro atoms. The maximum Gasteiger partial charge on any atom is 0.241 e. The fourth-order valence-corrected chi connectivity index (χ4v) is 4.27. The first kappa shape index (κ1) is 16.8. The Morgan fingerprint density at radius 2 is 1.95 bits per heavy atom. The summed E-state index contributed by atoms with van der Waals surface area (Å²) in [5, 5.41) is 3.64. The summed E-state index contributed by atoms with van der Waals surface area (Å²) in [5.41, 5.74) is 0. The Morgan fingerprint density at radius 1 is 1.24 bits per heavy atom. The summed E-state index contributed by atoms with van der Waals surface area (Å²) in [5.74, 6) is 1.72. The van der Waals surface area contributed by atoms with Gasteiger partial charge >= 0.3 is 0 Å². The standard InChI is InChI=1S/C18H34N2O/c1-5-9-15-18(21)20(17(19-15)12-13(3)4)16-11-8-7-10-14(16)6-2/h13-17,19H,5-12H2,1-4H3. The lowest BCUT2D eigenvalue weighted by molar-refractivity contribution is -0.134. The zero-order valence-corrected chi connectivity index (χ0v) is 14.4. The second-order valence-corrected chi connectivity index (χ2v) is 7.42. The molecule has 4 unspecified atom stereocenters. The number of carbonyl (C=O) groups excluding carboxylic acids is 1. The molecule has 1 amide bonds. The van der Waals surface area contributed by atoms with Crippen molar-refractivity contribution in [1.29, 1.82) is 0 Å². The first-order chi connectivity index (χ1) is 10.1. The zero-order chi connectivity index (χ0) is 15.4. The fraction of sp³-hybridized carbons (Fsp3) is 0.944. The van der Waals surface area contributed by atoms with E-state index in [2.05, 4.69) is 37.9 Å². The van der Waals surface area contributed by atoms with Crippen molar-refractivity contribution in [3.8, 4) is 0 Å². The Kier molecular flexibility index (Phi) is 6.09. The third-order valence-corrected chi connectivity index (χ3v) is 5.30. The number of hydrogen-bond donors (Lipinski definition) is 1. The van der Waals surface area contributed by atoms with Gasteiger partial charge in [-0.15, -0.1) is 0 Å². The van der Waals surface area contributed by atoms with E-state index in [0.29, 0.717) is 23.8 Å². The lowest BCUT2D eigenvalue weighted by Gasteiger charge is -2.41.